The molecule has 2 fully saturated rings. The average molecular weight is 885 g/mol. The number of phosphoric ester groups is 2. The number of hydrogen-bond donors (Lipinski definition) is 8. The number of imidazole rings is 1. The first-order valence-corrected chi connectivity index (χ1v) is 21.0. The molecule has 60 heavy (non-hydrogen) atoms. The molecule has 1 amide bonds. The van der Waals surface area contributed by atoms with Gasteiger partial charge in [-0.15, -0.1) is 0 Å². The van der Waals surface area contributed by atoms with Crippen LogP contribution in [-0.2, 0) is 53.1 Å². The number of nitrogens with one attached hydrogen (secondary N) is 1. The van der Waals surface area contributed by atoms with Crippen LogP contribution in [0.2, 0.25) is 0 Å². The van der Waals surface area contributed by atoms with E-state index in [1.807, 2.05) is 6.07 Å². The summed E-state index contributed by atoms with van der Waals surface area (Å²) in [6.45, 7) is -1.56. The number of benzene rings is 1. The maximum absolute atomic E-state index is 13.4. The number of alkyl carbamates (subject to hydrolysis) is 1. The second-order valence-electron chi connectivity index (χ2n) is 13.4. The minimum atomic E-state index is -5.19. The van der Waals surface area contributed by atoms with E-state index in [1.165, 1.54) is 23.2 Å². The van der Waals surface area contributed by atoms with Crippen LogP contribution in [0.4, 0.5) is 16.4 Å². The van der Waals surface area contributed by atoms with E-state index < -0.39 is 95.6 Å². The first-order chi connectivity index (χ1) is 28.5. The molecule has 326 valence electrons. The van der Waals surface area contributed by atoms with Gasteiger partial charge < -0.3 is 61.3 Å². The molecule has 9 atom stereocenters. The Labute approximate surface area is 338 Å². The number of amides is 1. The summed E-state index contributed by atoms with van der Waals surface area (Å²) in [5, 5.41) is 14.0. The summed E-state index contributed by atoms with van der Waals surface area (Å²) in [5.74, 6) is -1.09. The normalized spacial score (nSPS) is 24.5. The van der Waals surface area contributed by atoms with E-state index in [4.69, 9.17) is 45.2 Å². The van der Waals surface area contributed by atoms with Crippen molar-refractivity contribution in [1.82, 2.24) is 34.4 Å². The number of nitrogens with zero attached hydrogens (tertiary/aromatic N) is 6. The number of carbonyl (C=O) groups is 2. The lowest BCUT2D eigenvalue weighted by Gasteiger charge is -2.24. The van der Waals surface area contributed by atoms with Crippen LogP contribution >= 0.6 is 15.6 Å². The smallest absolute Gasteiger partial charge is 0.455 e. The van der Waals surface area contributed by atoms with Gasteiger partial charge in [0.05, 0.1) is 19.5 Å². The molecule has 4 aromatic rings. The number of fused-ring (bicyclic) bond motifs is 1. The third kappa shape index (κ3) is 11.4. The molecule has 26 nitrogen and oxygen atoms in total. The molecule has 2 saturated heterocycles. The third-order valence-electron chi connectivity index (χ3n) is 9.12. The van der Waals surface area contributed by atoms with Crippen LogP contribution in [0.25, 0.3) is 11.2 Å². The van der Waals surface area contributed by atoms with Crippen molar-refractivity contribution in [3.8, 4) is 0 Å². The van der Waals surface area contributed by atoms with E-state index in [-0.39, 0.29) is 55.2 Å². The first-order valence-electron chi connectivity index (χ1n) is 18.0. The zero-order valence-corrected chi connectivity index (χ0v) is 33.1. The molecule has 4 unspecified atom stereocenters. The predicted molar refractivity (Wildman–Crippen MR) is 201 cm³/mol. The molecular weight excluding hydrogens is 842 g/mol. The van der Waals surface area contributed by atoms with Crippen LogP contribution in [0.5, 0.6) is 0 Å². The number of nitrogens with two attached hydrogens (primary N) is 3. The molecule has 1 aromatic carbocycles. The molecule has 3 aromatic heterocycles. The number of hydrogen-bond acceptors (Lipinski definition) is 20. The summed E-state index contributed by atoms with van der Waals surface area (Å²) in [6, 6.07) is 9.03. The average Bonchev–Trinajstić information content (AvgIpc) is 3.89. The molecule has 2 aliphatic heterocycles. The number of aromatic nitrogens is 6. The molecule has 0 spiro atoms. The Balaban J connectivity index is 1.11. The predicted octanol–water partition coefficient (Wildman–Crippen LogP) is -0.649. The van der Waals surface area contributed by atoms with E-state index in [2.05, 4.69) is 29.8 Å². The number of aliphatic hydroxyl groups is 1. The number of carbonyl (C=O) groups excluding carboxylic acids is 2. The monoisotopic (exact) mass is 884 g/mol. The Kier molecular flexibility index (Phi) is 14.3. The highest BCUT2D eigenvalue weighted by atomic mass is 31.2. The van der Waals surface area contributed by atoms with E-state index >= 15 is 0 Å². The van der Waals surface area contributed by atoms with Crippen LogP contribution in [0.1, 0.15) is 37.3 Å². The van der Waals surface area contributed by atoms with Crippen molar-refractivity contribution in [2.24, 2.45) is 5.73 Å². The zero-order chi connectivity index (χ0) is 43.2. The van der Waals surface area contributed by atoms with E-state index in [9.17, 15) is 43.3 Å². The highest BCUT2D eigenvalue weighted by Crippen LogP contribution is 2.50. The van der Waals surface area contributed by atoms with Gasteiger partial charge in [-0.2, -0.15) is 4.98 Å². The first kappa shape index (κ1) is 44.6. The van der Waals surface area contributed by atoms with E-state index in [0.29, 0.717) is 0 Å². The van der Waals surface area contributed by atoms with Crippen LogP contribution in [0, 0.1) is 0 Å². The number of esters is 1. The highest BCUT2D eigenvalue weighted by Gasteiger charge is 2.50. The summed E-state index contributed by atoms with van der Waals surface area (Å²) in [4.78, 5) is 82.9. The van der Waals surface area contributed by atoms with Crippen molar-refractivity contribution in [2.75, 3.05) is 31.2 Å². The minimum absolute atomic E-state index is 0.0116. The second kappa shape index (κ2) is 19.2. The van der Waals surface area contributed by atoms with Gasteiger partial charge in [0, 0.05) is 19.2 Å². The number of phosphoric acid groups is 2. The van der Waals surface area contributed by atoms with E-state index in [0.717, 1.165) is 16.5 Å². The Morgan fingerprint density at radius 3 is 2.48 bits per heavy atom. The van der Waals surface area contributed by atoms with Crippen LogP contribution in [0.3, 0.4) is 0 Å². The van der Waals surface area contributed by atoms with Gasteiger partial charge in [-0.05, 0) is 24.5 Å². The van der Waals surface area contributed by atoms with Gasteiger partial charge in [0.2, 0.25) is 0 Å². The molecule has 2 aliphatic rings. The van der Waals surface area contributed by atoms with Crippen molar-refractivity contribution in [3.05, 3.63) is 71.3 Å². The zero-order valence-electron chi connectivity index (χ0n) is 31.3. The largest absolute Gasteiger partial charge is 0.472 e. The molecule has 28 heteroatoms. The number of nitrogen functional groups attached to an aromatic ring is 2. The number of aliphatic hydroxyl groups excluding tert-OH is 1. The number of rotatable bonds is 18. The Hall–Kier alpha value is -4.95. The molecule has 0 radical (unpaired) electrons. The maximum atomic E-state index is 13.4. The number of ether oxygens (including phenoxy) is 4. The van der Waals surface area contributed by atoms with Crippen LogP contribution < -0.4 is 28.2 Å². The molecule has 6 rings (SSSR count). The number of anilines is 2. The van der Waals surface area contributed by atoms with Crippen molar-refractivity contribution in [1.29, 1.82) is 0 Å². The highest BCUT2D eigenvalue weighted by molar-refractivity contribution is 7.47. The van der Waals surface area contributed by atoms with Gasteiger partial charge in [-0.25, -0.2) is 33.7 Å². The maximum Gasteiger partial charge on any atom is 0.472 e. The van der Waals surface area contributed by atoms with E-state index in [1.54, 1.807) is 24.3 Å². The quantitative estimate of drug-likeness (QED) is 0.0349. The lowest BCUT2D eigenvalue weighted by atomic mass is 10.1. The van der Waals surface area contributed by atoms with Gasteiger partial charge in [0.25, 0.3) is 0 Å². The van der Waals surface area contributed by atoms with Gasteiger partial charge in [0.15, 0.2) is 23.8 Å². The lowest BCUT2D eigenvalue weighted by molar-refractivity contribution is -0.158. The molecular formula is C32H42N10O16P2. The van der Waals surface area contributed by atoms with Crippen molar-refractivity contribution >= 4 is 50.5 Å². The second-order valence-corrected chi connectivity index (χ2v) is 16.0. The van der Waals surface area contributed by atoms with Crippen molar-refractivity contribution < 1.29 is 71.0 Å². The molecule has 0 aliphatic carbocycles. The summed E-state index contributed by atoms with van der Waals surface area (Å²) in [5.41, 5.74) is 17.8. The summed E-state index contributed by atoms with van der Waals surface area (Å²) in [7, 11) is -10.3. The van der Waals surface area contributed by atoms with Crippen LogP contribution in [-0.4, -0.2) is 117 Å². The van der Waals surface area contributed by atoms with Gasteiger partial charge in [-0.1, -0.05) is 30.3 Å². The molecule has 11 N–H and O–H groups in total. The molecule has 0 bridgehead atoms. The Morgan fingerprint density at radius 1 is 1.00 bits per heavy atom. The molecule has 5 heterocycles. The summed E-state index contributed by atoms with van der Waals surface area (Å²) >= 11 is 0. The van der Waals surface area contributed by atoms with Gasteiger partial charge in [-0.3, -0.25) is 27.5 Å². The fraction of sp³-hybridized carbons (Fsp3) is 0.469. The summed E-state index contributed by atoms with van der Waals surface area (Å²) < 4.78 is 64.7. The summed E-state index contributed by atoms with van der Waals surface area (Å²) in [6.07, 6.45) is -7.45. The topological polar surface area (TPSA) is 382 Å². The Morgan fingerprint density at radius 2 is 1.75 bits per heavy atom. The van der Waals surface area contributed by atoms with Gasteiger partial charge >= 0.3 is 33.4 Å². The minimum Gasteiger partial charge on any atom is -0.455 e. The van der Waals surface area contributed by atoms with Crippen molar-refractivity contribution in [2.45, 2.75) is 74.9 Å². The Bertz CT molecular complexity index is 2280. The fourth-order valence-electron chi connectivity index (χ4n) is 6.23. The SMILES string of the molecule is Nc1ccn(C2C[C@H](OP(=O)(O)OCC3OC(n4cnc5c(N)ncnc54)[C@H](O)[C@@H]3OC(=O)[C@@H](N)CCCNC(=O)OCc3ccccc3)[C@@H](COP(=O)(O)O)O2)c(=O)n1. The third-order valence-corrected chi connectivity index (χ3v) is 10.6. The van der Waals surface area contributed by atoms with Gasteiger partial charge in [0.1, 0.15) is 61.0 Å². The molecule has 0 saturated carbocycles. The van der Waals surface area contributed by atoms with Crippen LogP contribution in [0.15, 0.2) is 60.0 Å². The standard InChI is InChI=1S/C32H42N10O16P2/c33-18(7-4-9-36-32(46)52-12-17-5-2-1-3-6-17)30(44)57-26-21(56-29(25(26)43)42-16-39-24-27(35)37-15-38-28(24)42)14-54-60(50,51)58-19-11-23(41-10-8-22(34)40-31(41)45)55-20(19)13-53-59(47,48)49/h1-3,5-6,8,10,15-16,18-21,23,25-26,29,43H,4,7,9,11-14,33H2,(H,36,46)(H,50,51)(H2,34,40,45)(H2,35,37,38)(H2,47,48,49)/t18-,19-,20+,21?,23?,25+,26+,29?/m0/s1. The fourth-order valence-corrected chi connectivity index (χ4v) is 7.53. The lowest BCUT2D eigenvalue weighted by Crippen LogP contribution is -2.43. The van der Waals surface area contributed by atoms with Crippen molar-refractivity contribution in [3.63, 3.8) is 0 Å².